The molecule has 0 atom stereocenters. The predicted molar refractivity (Wildman–Crippen MR) is 188 cm³/mol. The zero-order valence-electron chi connectivity index (χ0n) is 25.0. The van der Waals surface area contributed by atoms with Crippen molar-refractivity contribution in [2.45, 2.75) is 0 Å². The van der Waals surface area contributed by atoms with Crippen molar-refractivity contribution in [3.63, 3.8) is 0 Å². The van der Waals surface area contributed by atoms with Gasteiger partial charge in [-0.3, -0.25) is 4.98 Å². The Balaban J connectivity index is 1.31. The van der Waals surface area contributed by atoms with Crippen molar-refractivity contribution < 1.29 is 0 Å². The van der Waals surface area contributed by atoms with Crippen LogP contribution in [-0.4, -0.2) is 19.9 Å². The van der Waals surface area contributed by atoms with Gasteiger partial charge in [0.2, 0.25) is 0 Å². The second kappa shape index (κ2) is 12.0. The van der Waals surface area contributed by atoms with Crippen molar-refractivity contribution in [3.05, 3.63) is 170 Å². The zero-order valence-corrected chi connectivity index (χ0v) is 25.0. The van der Waals surface area contributed by atoms with E-state index < -0.39 is 0 Å². The SMILES string of the molecule is c1ccc(-c2nc(-c3ccccc3)nc(-c3cc(-c4ccc(-c5ccccn5)cc4)cc(-c4ccc5ccccc5c4)c3)n2)cc1. The molecule has 0 bridgehead atoms. The van der Waals surface area contributed by atoms with Gasteiger partial charge in [-0.25, -0.2) is 15.0 Å². The molecule has 46 heavy (non-hydrogen) atoms. The first-order chi connectivity index (χ1) is 22.8. The van der Waals surface area contributed by atoms with Crippen LogP contribution in [0.1, 0.15) is 0 Å². The monoisotopic (exact) mass is 588 g/mol. The molecule has 0 fully saturated rings. The van der Waals surface area contributed by atoms with Gasteiger partial charge in [0.1, 0.15) is 0 Å². The van der Waals surface area contributed by atoms with Crippen molar-refractivity contribution in [2.24, 2.45) is 0 Å². The molecule has 4 nitrogen and oxygen atoms in total. The van der Waals surface area contributed by atoms with Gasteiger partial charge < -0.3 is 0 Å². The van der Waals surface area contributed by atoms with Gasteiger partial charge in [-0.15, -0.1) is 0 Å². The minimum Gasteiger partial charge on any atom is -0.256 e. The smallest absolute Gasteiger partial charge is 0.164 e. The first-order valence-corrected chi connectivity index (χ1v) is 15.3. The Bertz CT molecular complexity index is 2220. The Morgan fingerprint density at radius 3 is 1.41 bits per heavy atom. The van der Waals surface area contributed by atoms with Crippen LogP contribution in [0.5, 0.6) is 0 Å². The Hall–Kier alpha value is -6.26. The number of rotatable bonds is 6. The average molecular weight is 589 g/mol. The fourth-order valence-electron chi connectivity index (χ4n) is 5.76. The molecule has 4 heteroatoms. The number of hydrogen-bond donors (Lipinski definition) is 0. The quantitative estimate of drug-likeness (QED) is 0.194. The third kappa shape index (κ3) is 5.56. The summed E-state index contributed by atoms with van der Waals surface area (Å²) in [6, 6.07) is 56.4. The topological polar surface area (TPSA) is 51.6 Å². The molecule has 0 radical (unpaired) electrons. The number of fused-ring (bicyclic) bond motifs is 1. The van der Waals surface area contributed by atoms with E-state index in [0.29, 0.717) is 17.5 Å². The van der Waals surface area contributed by atoms with E-state index in [0.717, 1.165) is 50.2 Å². The first kappa shape index (κ1) is 27.3. The van der Waals surface area contributed by atoms with Gasteiger partial charge in [0.15, 0.2) is 17.5 Å². The van der Waals surface area contributed by atoms with Crippen molar-refractivity contribution in [1.82, 2.24) is 19.9 Å². The van der Waals surface area contributed by atoms with Crippen molar-refractivity contribution in [1.29, 1.82) is 0 Å². The molecule has 8 rings (SSSR count). The summed E-state index contributed by atoms with van der Waals surface area (Å²) >= 11 is 0. The van der Waals surface area contributed by atoms with Crippen LogP contribution < -0.4 is 0 Å². The molecule has 0 aliphatic heterocycles. The lowest BCUT2D eigenvalue weighted by Crippen LogP contribution is -2.00. The van der Waals surface area contributed by atoms with E-state index in [-0.39, 0.29) is 0 Å². The molecule has 0 saturated carbocycles. The largest absolute Gasteiger partial charge is 0.256 e. The maximum absolute atomic E-state index is 5.04. The van der Waals surface area contributed by atoms with Gasteiger partial charge >= 0.3 is 0 Å². The third-order valence-corrected chi connectivity index (χ3v) is 8.15. The molecule has 0 aliphatic carbocycles. The van der Waals surface area contributed by atoms with Crippen molar-refractivity contribution in [3.8, 4) is 67.7 Å². The summed E-state index contributed by atoms with van der Waals surface area (Å²) in [6.07, 6.45) is 1.82. The molecule has 216 valence electrons. The van der Waals surface area contributed by atoms with Crippen LogP contribution in [-0.2, 0) is 0 Å². The van der Waals surface area contributed by atoms with Gasteiger partial charge in [0.05, 0.1) is 5.69 Å². The highest BCUT2D eigenvalue weighted by atomic mass is 15.0. The number of benzene rings is 6. The maximum Gasteiger partial charge on any atom is 0.164 e. The molecule has 6 aromatic carbocycles. The molecule has 0 unspecified atom stereocenters. The summed E-state index contributed by atoms with van der Waals surface area (Å²) in [4.78, 5) is 19.5. The van der Waals surface area contributed by atoms with Crippen LogP contribution in [0, 0.1) is 0 Å². The molecule has 0 spiro atoms. The molecule has 0 saturated heterocycles. The highest BCUT2D eigenvalue weighted by Crippen LogP contribution is 2.35. The fraction of sp³-hybridized carbons (Fsp3) is 0. The van der Waals surface area contributed by atoms with E-state index >= 15 is 0 Å². The standard InChI is InChI=1S/C42H28N4/c1-3-12-32(13-4-1)40-44-41(33-14-5-2-6-15-33)46-42(45-40)38-27-36(30-18-21-31(22-19-30)39-17-9-10-24-43-39)26-37(28-38)35-23-20-29-11-7-8-16-34(29)25-35/h1-28H. The van der Waals surface area contributed by atoms with Crippen LogP contribution in [0.25, 0.3) is 78.4 Å². The Labute approximate surface area is 267 Å². The maximum atomic E-state index is 5.04. The van der Waals surface area contributed by atoms with E-state index in [9.17, 15) is 0 Å². The molecule has 2 aromatic heterocycles. The third-order valence-electron chi connectivity index (χ3n) is 8.15. The number of pyridine rings is 1. The Morgan fingerprint density at radius 2 is 0.783 bits per heavy atom. The predicted octanol–water partition coefficient (Wildman–Crippen LogP) is 10.4. The van der Waals surface area contributed by atoms with Crippen LogP contribution in [0.2, 0.25) is 0 Å². The summed E-state index contributed by atoms with van der Waals surface area (Å²) in [6.45, 7) is 0. The number of hydrogen-bond acceptors (Lipinski definition) is 4. The first-order valence-electron chi connectivity index (χ1n) is 15.3. The van der Waals surface area contributed by atoms with Gasteiger partial charge in [-0.1, -0.05) is 127 Å². The van der Waals surface area contributed by atoms with Crippen LogP contribution in [0.4, 0.5) is 0 Å². The summed E-state index contributed by atoms with van der Waals surface area (Å²) in [7, 11) is 0. The van der Waals surface area contributed by atoms with E-state index in [2.05, 4.69) is 89.9 Å². The van der Waals surface area contributed by atoms with Crippen LogP contribution in [0.15, 0.2) is 170 Å². The highest BCUT2D eigenvalue weighted by Gasteiger charge is 2.15. The van der Waals surface area contributed by atoms with E-state index in [1.54, 1.807) is 0 Å². The zero-order chi connectivity index (χ0) is 30.7. The lowest BCUT2D eigenvalue weighted by Gasteiger charge is -2.13. The van der Waals surface area contributed by atoms with E-state index in [1.165, 1.54) is 10.8 Å². The van der Waals surface area contributed by atoms with Gasteiger partial charge in [-0.2, -0.15) is 0 Å². The van der Waals surface area contributed by atoms with E-state index in [4.69, 9.17) is 15.0 Å². The van der Waals surface area contributed by atoms with Crippen LogP contribution in [0.3, 0.4) is 0 Å². The normalized spacial score (nSPS) is 11.0. The average Bonchev–Trinajstić information content (AvgIpc) is 3.15. The molecule has 0 aliphatic rings. The van der Waals surface area contributed by atoms with Gasteiger partial charge in [-0.05, 0) is 69.4 Å². The summed E-state index contributed by atoms with van der Waals surface area (Å²) in [5, 5.41) is 2.41. The Morgan fingerprint density at radius 1 is 0.283 bits per heavy atom. The van der Waals surface area contributed by atoms with Crippen LogP contribution >= 0.6 is 0 Å². The minimum absolute atomic E-state index is 0.627. The minimum atomic E-state index is 0.627. The highest BCUT2D eigenvalue weighted by molar-refractivity contribution is 5.89. The fourth-order valence-corrected chi connectivity index (χ4v) is 5.76. The van der Waals surface area contributed by atoms with E-state index in [1.807, 2.05) is 85.1 Å². The molecule has 0 amide bonds. The molecule has 0 N–H and O–H groups in total. The summed E-state index contributed by atoms with van der Waals surface area (Å²) in [5.41, 5.74) is 9.24. The van der Waals surface area contributed by atoms with Crippen molar-refractivity contribution >= 4 is 10.8 Å². The number of nitrogens with zero attached hydrogens (tertiary/aromatic N) is 4. The lowest BCUT2D eigenvalue weighted by molar-refractivity contribution is 1.07. The van der Waals surface area contributed by atoms with Gasteiger partial charge in [0, 0.05) is 28.5 Å². The molecular formula is C42H28N4. The molecule has 2 heterocycles. The summed E-state index contributed by atoms with van der Waals surface area (Å²) in [5.74, 6) is 1.91. The van der Waals surface area contributed by atoms with Crippen molar-refractivity contribution in [2.75, 3.05) is 0 Å². The molecular weight excluding hydrogens is 560 g/mol. The second-order valence-electron chi connectivity index (χ2n) is 11.2. The number of aromatic nitrogens is 4. The lowest BCUT2D eigenvalue weighted by atomic mass is 9.94. The second-order valence-corrected chi connectivity index (χ2v) is 11.2. The molecule has 8 aromatic rings. The Kier molecular flexibility index (Phi) is 7.14. The van der Waals surface area contributed by atoms with Gasteiger partial charge in [0.25, 0.3) is 0 Å². The summed E-state index contributed by atoms with van der Waals surface area (Å²) < 4.78 is 0.